The van der Waals surface area contributed by atoms with Crippen molar-refractivity contribution < 1.29 is 19.4 Å². The summed E-state index contributed by atoms with van der Waals surface area (Å²) in [5.74, 6) is 2.38. The number of nitrogens with two attached hydrogens (primary N) is 1. The second-order valence-electron chi connectivity index (χ2n) is 10.7. The Morgan fingerprint density at radius 1 is 1.20 bits per heavy atom. The molecular weight excluding hydrogens is 378 g/mol. The smallest absolute Gasteiger partial charge is 0.302 e. The highest BCUT2D eigenvalue weighted by Gasteiger charge is 2.59. The van der Waals surface area contributed by atoms with Crippen molar-refractivity contribution in [2.45, 2.75) is 98.1 Å². The van der Waals surface area contributed by atoms with Gasteiger partial charge in [-0.2, -0.15) is 0 Å². The quantitative estimate of drug-likeness (QED) is 0.489. The van der Waals surface area contributed by atoms with Crippen LogP contribution in [0.4, 0.5) is 0 Å². The predicted molar refractivity (Wildman–Crippen MR) is 118 cm³/mol. The molecule has 0 aromatic carbocycles. The lowest BCUT2D eigenvalue weighted by molar-refractivity contribution is -0.150. The molecule has 3 saturated carbocycles. The van der Waals surface area contributed by atoms with E-state index in [2.05, 4.69) is 26.8 Å². The number of ether oxygens (including phenoxy) is 1. The molecule has 8 atom stereocenters. The standard InChI is InChI=1S/C23H37NO2.C2H4O2/c1-5-15-7-9-18-17-8-6-16-12-21(26-14(2)25)20(24)13-23(16,4)19(17)10-11-22(15,18)3;1-2(3)4/h6,15,17-21H,5,7-13,24H2,1-4H3;1H3,(H,3,4)/t15-,17+,18-,19+,20-,21-,22+,23+;/m0./s1. The molecule has 4 aliphatic carbocycles. The zero-order valence-electron chi connectivity index (χ0n) is 19.4. The van der Waals surface area contributed by atoms with Crippen molar-refractivity contribution in [2.75, 3.05) is 0 Å². The van der Waals surface area contributed by atoms with E-state index >= 15 is 0 Å². The number of allylic oxidation sites excluding steroid dienone is 1. The Kier molecular flexibility index (Phi) is 6.71. The van der Waals surface area contributed by atoms with E-state index < -0.39 is 5.97 Å². The van der Waals surface area contributed by atoms with Crippen molar-refractivity contribution in [3.05, 3.63) is 11.6 Å². The maximum absolute atomic E-state index is 11.4. The van der Waals surface area contributed by atoms with E-state index in [9.17, 15) is 4.79 Å². The van der Waals surface area contributed by atoms with Crippen LogP contribution in [0.15, 0.2) is 11.6 Å². The first-order valence-corrected chi connectivity index (χ1v) is 11.8. The highest BCUT2D eigenvalue weighted by atomic mass is 16.5. The van der Waals surface area contributed by atoms with E-state index in [0.29, 0.717) is 5.41 Å². The van der Waals surface area contributed by atoms with E-state index in [1.165, 1.54) is 51.0 Å². The zero-order valence-corrected chi connectivity index (χ0v) is 19.4. The molecule has 30 heavy (non-hydrogen) atoms. The van der Waals surface area contributed by atoms with Gasteiger partial charge in [0.25, 0.3) is 5.97 Å². The minimum absolute atomic E-state index is 0.0277. The fourth-order valence-corrected chi connectivity index (χ4v) is 7.87. The molecule has 5 nitrogen and oxygen atoms in total. The Morgan fingerprint density at radius 2 is 1.87 bits per heavy atom. The lowest BCUT2D eigenvalue weighted by Gasteiger charge is -2.59. The fourth-order valence-electron chi connectivity index (χ4n) is 7.87. The SMILES string of the molecule is CC(=O)O.CC[C@H]1CC[C@H]2[C@H]3CC=C4C[C@H](OC(C)=O)[C@@H](N)C[C@@]4(C)[C@@H]3CC[C@]12C. The molecule has 4 rings (SSSR count). The highest BCUT2D eigenvalue weighted by Crippen LogP contribution is 2.66. The minimum atomic E-state index is -0.833. The monoisotopic (exact) mass is 419 g/mol. The van der Waals surface area contributed by atoms with Gasteiger partial charge in [-0.05, 0) is 73.0 Å². The Balaban J connectivity index is 0.000000589. The number of fused-ring (bicyclic) bond motifs is 5. The normalized spacial score (nSPS) is 44.4. The zero-order chi connectivity index (χ0) is 22.3. The molecule has 3 fully saturated rings. The number of esters is 1. The average molecular weight is 420 g/mol. The summed E-state index contributed by atoms with van der Waals surface area (Å²) in [6.45, 7) is 10.0. The molecule has 0 aliphatic heterocycles. The summed E-state index contributed by atoms with van der Waals surface area (Å²) in [6.07, 6.45) is 12.4. The molecular formula is C25H41NO4. The molecule has 0 radical (unpaired) electrons. The third-order valence-electron chi connectivity index (χ3n) is 9.19. The van der Waals surface area contributed by atoms with Gasteiger partial charge in [0.1, 0.15) is 6.10 Å². The number of carbonyl (C=O) groups excluding carboxylic acids is 1. The average Bonchev–Trinajstić information content (AvgIpc) is 2.98. The van der Waals surface area contributed by atoms with Crippen LogP contribution in [0.3, 0.4) is 0 Å². The van der Waals surface area contributed by atoms with Crippen molar-refractivity contribution in [3.8, 4) is 0 Å². The van der Waals surface area contributed by atoms with Gasteiger partial charge in [0.05, 0.1) is 0 Å². The number of aliphatic carboxylic acids is 1. The lowest BCUT2D eigenvalue weighted by atomic mass is 9.47. The number of hydrogen-bond donors (Lipinski definition) is 2. The highest BCUT2D eigenvalue weighted by molar-refractivity contribution is 5.66. The van der Waals surface area contributed by atoms with Crippen LogP contribution in [0, 0.1) is 34.5 Å². The van der Waals surface area contributed by atoms with Gasteiger partial charge in [0.15, 0.2) is 0 Å². The molecule has 0 bridgehead atoms. The number of carboxylic acids is 1. The van der Waals surface area contributed by atoms with Crippen LogP contribution in [-0.2, 0) is 14.3 Å². The number of rotatable bonds is 2. The summed E-state index contributed by atoms with van der Waals surface area (Å²) >= 11 is 0. The van der Waals surface area contributed by atoms with Gasteiger partial charge in [0.2, 0.25) is 0 Å². The van der Waals surface area contributed by atoms with E-state index in [1.807, 2.05) is 0 Å². The molecule has 0 spiro atoms. The summed E-state index contributed by atoms with van der Waals surface area (Å²) in [5.41, 5.74) is 8.82. The van der Waals surface area contributed by atoms with Gasteiger partial charge < -0.3 is 15.6 Å². The first-order valence-electron chi connectivity index (χ1n) is 11.8. The van der Waals surface area contributed by atoms with E-state index in [0.717, 1.165) is 43.4 Å². The van der Waals surface area contributed by atoms with Gasteiger partial charge in [-0.3, -0.25) is 9.59 Å². The summed E-state index contributed by atoms with van der Waals surface area (Å²) in [6, 6.07) is -0.0277. The van der Waals surface area contributed by atoms with Crippen molar-refractivity contribution in [1.29, 1.82) is 0 Å². The summed E-state index contributed by atoms with van der Waals surface area (Å²) < 4.78 is 5.54. The number of carbonyl (C=O) groups is 2. The third kappa shape index (κ3) is 4.06. The maximum atomic E-state index is 11.4. The Labute approximate surface area is 181 Å². The summed E-state index contributed by atoms with van der Waals surface area (Å²) in [5, 5.41) is 7.42. The molecule has 0 saturated heterocycles. The summed E-state index contributed by atoms with van der Waals surface area (Å²) in [7, 11) is 0. The number of carboxylic acid groups (broad SMARTS) is 1. The molecule has 170 valence electrons. The molecule has 3 N–H and O–H groups in total. The maximum Gasteiger partial charge on any atom is 0.302 e. The van der Waals surface area contributed by atoms with Gasteiger partial charge in [0, 0.05) is 26.3 Å². The van der Waals surface area contributed by atoms with Gasteiger partial charge in [-0.15, -0.1) is 0 Å². The van der Waals surface area contributed by atoms with Crippen molar-refractivity contribution >= 4 is 11.9 Å². The molecule has 0 unspecified atom stereocenters. The van der Waals surface area contributed by atoms with Crippen LogP contribution in [0.25, 0.3) is 0 Å². The van der Waals surface area contributed by atoms with Crippen LogP contribution < -0.4 is 5.73 Å². The van der Waals surface area contributed by atoms with Crippen molar-refractivity contribution in [2.24, 2.45) is 40.2 Å². The second-order valence-corrected chi connectivity index (χ2v) is 10.7. The third-order valence-corrected chi connectivity index (χ3v) is 9.19. The van der Waals surface area contributed by atoms with Crippen LogP contribution in [0.2, 0.25) is 0 Å². The molecule has 0 aromatic heterocycles. The molecule has 4 aliphatic rings. The molecule has 5 heteroatoms. The lowest BCUT2D eigenvalue weighted by Crippen LogP contribution is -2.55. The number of hydrogen-bond acceptors (Lipinski definition) is 4. The van der Waals surface area contributed by atoms with Gasteiger partial charge in [-0.1, -0.05) is 38.8 Å². The topological polar surface area (TPSA) is 89.6 Å². The van der Waals surface area contributed by atoms with Gasteiger partial charge in [-0.25, -0.2) is 0 Å². The van der Waals surface area contributed by atoms with Crippen LogP contribution in [0.5, 0.6) is 0 Å². The Bertz CT molecular complexity index is 699. The van der Waals surface area contributed by atoms with Gasteiger partial charge >= 0.3 is 5.97 Å². The van der Waals surface area contributed by atoms with Crippen LogP contribution in [0.1, 0.15) is 86.0 Å². The minimum Gasteiger partial charge on any atom is -0.481 e. The predicted octanol–water partition coefficient (Wildman–Crippen LogP) is 4.94. The van der Waals surface area contributed by atoms with E-state index in [-0.39, 0.29) is 23.5 Å². The summed E-state index contributed by atoms with van der Waals surface area (Å²) in [4.78, 5) is 20.4. The Morgan fingerprint density at radius 3 is 2.47 bits per heavy atom. The Hall–Kier alpha value is -1.36. The van der Waals surface area contributed by atoms with E-state index in [4.69, 9.17) is 20.4 Å². The second kappa shape index (κ2) is 8.64. The van der Waals surface area contributed by atoms with Crippen molar-refractivity contribution in [1.82, 2.24) is 0 Å². The first-order chi connectivity index (χ1) is 14.0. The molecule has 0 aromatic rings. The molecule has 0 amide bonds. The fraction of sp³-hybridized carbons (Fsp3) is 0.840. The van der Waals surface area contributed by atoms with Crippen molar-refractivity contribution in [3.63, 3.8) is 0 Å². The molecule has 0 heterocycles. The van der Waals surface area contributed by atoms with E-state index in [1.54, 1.807) is 0 Å². The largest absolute Gasteiger partial charge is 0.481 e. The van der Waals surface area contributed by atoms with Crippen LogP contribution >= 0.6 is 0 Å². The van der Waals surface area contributed by atoms with Crippen LogP contribution in [-0.4, -0.2) is 29.2 Å². The first kappa shape index (κ1) is 23.3.